The summed E-state index contributed by atoms with van der Waals surface area (Å²) in [5.74, 6) is -1.66. The molecule has 0 unspecified atom stereocenters. The Morgan fingerprint density at radius 2 is 1.77 bits per heavy atom. The second-order valence-electron chi connectivity index (χ2n) is 5.27. The fraction of sp³-hybridized carbons (Fsp3) is 0.438. The number of carbonyl (C=O) groups is 3. The number of sulfonamides is 1. The lowest BCUT2D eigenvalue weighted by Gasteiger charge is -2.19. The van der Waals surface area contributed by atoms with E-state index in [1.54, 1.807) is 20.8 Å². The minimum atomic E-state index is -3.73. The summed E-state index contributed by atoms with van der Waals surface area (Å²) in [5.41, 5.74) is 0.534. The molecule has 0 aromatic heterocycles. The van der Waals surface area contributed by atoms with E-state index in [1.165, 1.54) is 29.6 Å². The van der Waals surface area contributed by atoms with Gasteiger partial charge in [0.25, 0.3) is 5.91 Å². The fourth-order valence-corrected chi connectivity index (χ4v) is 3.61. The van der Waals surface area contributed by atoms with Crippen molar-refractivity contribution in [3.63, 3.8) is 0 Å². The van der Waals surface area contributed by atoms with Crippen LogP contribution in [0.4, 0.5) is 4.79 Å². The molecule has 0 aliphatic carbocycles. The van der Waals surface area contributed by atoms with Crippen LogP contribution >= 0.6 is 0 Å². The first-order chi connectivity index (χ1) is 12.2. The van der Waals surface area contributed by atoms with Crippen molar-refractivity contribution < 1.29 is 27.5 Å². The van der Waals surface area contributed by atoms with Gasteiger partial charge >= 0.3 is 12.0 Å². The van der Waals surface area contributed by atoms with E-state index in [2.05, 4.69) is 5.32 Å². The van der Waals surface area contributed by atoms with E-state index in [0.717, 1.165) is 0 Å². The molecular formula is C16H23N3O6S. The minimum Gasteiger partial charge on any atom is -0.452 e. The number of benzene rings is 1. The minimum absolute atomic E-state index is 0.0333. The Kier molecular flexibility index (Phi) is 7.72. The summed E-state index contributed by atoms with van der Waals surface area (Å²) in [6.07, 6.45) is 0. The van der Waals surface area contributed by atoms with Crippen LogP contribution < -0.4 is 10.6 Å². The average molecular weight is 385 g/mol. The van der Waals surface area contributed by atoms with Gasteiger partial charge in [-0.1, -0.05) is 19.9 Å². The Labute approximate surface area is 152 Å². The maximum absolute atomic E-state index is 12.6. The zero-order valence-corrected chi connectivity index (χ0v) is 16.0. The van der Waals surface area contributed by atoms with Gasteiger partial charge in [-0.3, -0.25) is 10.1 Å². The Balaban J connectivity index is 2.98. The van der Waals surface area contributed by atoms with Gasteiger partial charge in [0, 0.05) is 20.1 Å². The average Bonchev–Trinajstić information content (AvgIpc) is 2.60. The molecular weight excluding hydrogens is 362 g/mol. The maximum Gasteiger partial charge on any atom is 0.338 e. The summed E-state index contributed by atoms with van der Waals surface area (Å²) in [6.45, 7) is 4.98. The Hall–Kier alpha value is -2.46. The number of nitrogens with zero attached hydrogens (tertiary/aromatic N) is 1. The number of amides is 3. The summed E-state index contributed by atoms with van der Waals surface area (Å²) in [5, 5.41) is 4.14. The van der Waals surface area contributed by atoms with Gasteiger partial charge in [0.1, 0.15) is 0 Å². The molecule has 1 aromatic carbocycles. The van der Waals surface area contributed by atoms with E-state index in [-0.39, 0.29) is 10.5 Å². The Bertz CT molecular complexity index is 787. The predicted molar refractivity (Wildman–Crippen MR) is 94.2 cm³/mol. The number of rotatable bonds is 7. The summed E-state index contributed by atoms with van der Waals surface area (Å²) >= 11 is 0. The molecule has 0 aliphatic heterocycles. The molecule has 144 valence electrons. The zero-order valence-electron chi connectivity index (χ0n) is 15.2. The van der Waals surface area contributed by atoms with Gasteiger partial charge in [-0.25, -0.2) is 18.0 Å². The molecule has 0 aliphatic rings. The van der Waals surface area contributed by atoms with E-state index >= 15 is 0 Å². The molecule has 1 rings (SSSR count). The maximum atomic E-state index is 12.6. The quantitative estimate of drug-likeness (QED) is 0.664. The van der Waals surface area contributed by atoms with Crippen molar-refractivity contribution in [2.75, 3.05) is 26.7 Å². The van der Waals surface area contributed by atoms with Crippen LogP contribution in [0.15, 0.2) is 23.1 Å². The first-order valence-electron chi connectivity index (χ1n) is 7.96. The molecule has 0 bridgehead atoms. The number of ether oxygens (including phenoxy) is 1. The van der Waals surface area contributed by atoms with Gasteiger partial charge in [-0.2, -0.15) is 4.31 Å². The van der Waals surface area contributed by atoms with Gasteiger partial charge < -0.3 is 10.1 Å². The van der Waals surface area contributed by atoms with Crippen molar-refractivity contribution >= 4 is 27.9 Å². The topological polar surface area (TPSA) is 122 Å². The molecule has 3 amide bonds. The molecule has 0 saturated heterocycles. The van der Waals surface area contributed by atoms with Crippen molar-refractivity contribution in [2.45, 2.75) is 25.7 Å². The highest BCUT2D eigenvalue weighted by Gasteiger charge is 2.24. The summed E-state index contributed by atoms with van der Waals surface area (Å²) in [4.78, 5) is 34.7. The van der Waals surface area contributed by atoms with Gasteiger partial charge in [-0.15, -0.1) is 0 Å². The molecule has 10 heteroatoms. The number of aryl methyl sites for hydroxylation is 1. The molecule has 1 aromatic rings. The highest BCUT2D eigenvalue weighted by Crippen LogP contribution is 2.20. The monoisotopic (exact) mass is 385 g/mol. The lowest BCUT2D eigenvalue weighted by Crippen LogP contribution is -2.39. The van der Waals surface area contributed by atoms with Crippen LogP contribution in [-0.4, -0.2) is 57.4 Å². The van der Waals surface area contributed by atoms with E-state index < -0.39 is 34.5 Å². The van der Waals surface area contributed by atoms with E-state index in [9.17, 15) is 22.8 Å². The molecule has 0 radical (unpaired) electrons. The summed E-state index contributed by atoms with van der Waals surface area (Å²) < 4.78 is 31.3. The van der Waals surface area contributed by atoms with Crippen molar-refractivity contribution in [2.24, 2.45) is 0 Å². The third-order valence-electron chi connectivity index (χ3n) is 3.59. The van der Waals surface area contributed by atoms with E-state index in [1.807, 2.05) is 5.32 Å². The fourth-order valence-electron chi connectivity index (χ4n) is 2.13. The Morgan fingerprint density at radius 1 is 1.15 bits per heavy atom. The number of urea groups is 1. The first kappa shape index (κ1) is 21.6. The highest BCUT2D eigenvalue weighted by atomic mass is 32.2. The van der Waals surface area contributed by atoms with Gasteiger partial charge in [-0.05, 0) is 24.6 Å². The van der Waals surface area contributed by atoms with Gasteiger partial charge in [0.15, 0.2) is 6.61 Å². The van der Waals surface area contributed by atoms with Crippen molar-refractivity contribution in [1.29, 1.82) is 0 Å². The van der Waals surface area contributed by atoms with Crippen molar-refractivity contribution in [3.8, 4) is 0 Å². The van der Waals surface area contributed by atoms with Crippen LogP contribution in [0.1, 0.15) is 29.8 Å². The predicted octanol–water partition coefficient (Wildman–Crippen LogP) is 0.638. The second kappa shape index (κ2) is 9.30. The Morgan fingerprint density at radius 3 is 2.31 bits per heavy atom. The highest BCUT2D eigenvalue weighted by molar-refractivity contribution is 7.89. The van der Waals surface area contributed by atoms with Crippen LogP contribution in [0.25, 0.3) is 0 Å². The molecule has 0 heterocycles. The van der Waals surface area contributed by atoms with Gasteiger partial charge in [0.05, 0.1) is 10.5 Å². The van der Waals surface area contributed by atoms with Crippen LogP contribution in [0.3, 0.4) is 0 Å². The number of imide groups is 1. The lowest BCUT2D eigenvalue weighted by molar-refractivity contribution is -0.123. The standard InChI is InChI=1S/C16H23N3O6S/c1-5-19(6-2)26(23,24)12-8-7-11(3)13(9-12)15(21)25-10-14(20)18-16(22)17-4/h7-9H,5-6,10H2,1-4H3,(H2,17,18,20,22). The normalized spacial score (nSPS) is 11.1. The second-order valence-corrected chi connectivity index (χ2v) is 7.21. The van der Waals surface area contributed by atoms with Crippen LogP contribution in [0.5, 0.6) is 0 Å². The lowest BCUT2D eigenvalue weighted by atomic mass is 10.1. The van der Waals surface area contributed by atoms with Crippen molar-refractivity contribution in [1.82, 2.24) is 14.9 Å². The number of hydrogen-bond acceptors (Lipinski definition) is 6. The van der Waals surface area contributed by atoms with Gasteiger partial charge in [0.2, 0.25) is 10.0 Å². The molecule has 2 N–H and O–H groups in total. The molecule has 0 atom stereocenters. The first-order valence-corrected chi connectivity index (χ1v) is 9.40. The number of carbonyl (C=O) groups excluding carboxylic acids is 3. The van der Waals surface area contributed by atoms with Crippen LogP contribution in [0.2, 0.25) is 0 Å². The number of esters is 1. The molecule has 26 heavy (non-hydrogen) atoms. The molecule has 0 saturated carbocycles. The van der Waals surface area contributed by atoms with Crippen LogP contribution in [0, 0.1) is 6.92 Å². The van der Waals surface area contributed by atoms with E-state index in [0.29, 0.717) is 18.7 Å². The largest absolute Gasteiger partial charge is 0.452 e. The molecule has 0 fully saturated rings. The SMILES string of the molecule is CCN(CC)S(=O)(=O)c1ccc(C)c(C(=O)OCC(=O)NC(=O)NC)c1. The number of hydrogen-bond donors (Lipinski definition) is 2. The number of nitrogens with one attached hydrogen (secondary N) is 2. The van der Waals surface area contributed by atoms with Crippen molar-refractivity contribution in [3.05, 3.63) is 29.3 Å². The third kappa shape index (κ3) is 5.27. The summed E-state index contributed by atoms with van der Waals surface area (Å²) in [7, 11) is -2.40. The third-order valence-corrected chi connectivity index (χ3v) is 5.63. The smallest absolute Gasteiger partial charge is 0.338 e. The zero-order chi connectivity index (χ0) is 19.9. The van der Waals surface area contributed by atoms with E-state index in [4.69, 9.17) is 4.74 Å². The molecule has 9 nitrogen and oxygen atoms in total. The molecule has 0 spiro atoms. The van der Waals surface area contributed by atoms with Crippen LogP contribution in [-0.2, 0) is 19.6 Å². The summed E-state index contributed by atoms with van der Waals surface area (Å²) in [6, 6.07) is 3.41.